The van der Waals surface area contributed by atoms with Gasteiger partial charge < -0.3 is 0 Å². The maximum atomic E-state index is 2.32. The lowest BCUT2D eigenvalue weighted by Gasteiger charge is -2.15. The summed E-state index contributed by atoms with van der Waals surface area (Å²) in [6.07, 6.45) is 2.70. The molecule has 0 aliphatic carbocycles. The topological polar surface area (TPSA) is 0 Å². The zero-order valence-electron chi connectivity index (χ0n) is 6.28. The molecule has 0 bridgehead atoms. The smallest absolute Gasteiger partial charge is 0.0121 e. The van der Waals surface area contributed by atoms with Gasteiger partial charge in [0.25, 0.3) is 0 Å². The normalized spacial score (nSPS) is 14.6. The van der Waals surface area contributed by atoms with E-state index in [1.165, 1.54) is 12.8 Å². The minimum Gasteiger partial charge on any atom is -0.0654 e. The first-order chi connectivity index (χ1) is 3.72. The lowest BCUT2D eigenvalue weighted by molar-refractivity contribution is 0.477. The summed E-state index contributed by atoms with van der Waals surface area (Å²) in [5.74, 6) is 0.966. The third kappa shape index (κ3) is 2.51. The minimum atomic E-state index is 0.907. The summed E-state index contributed by atoms with van der Waals surface area (Å²) < 4.78 is 0. The summed E-state index contributed by atoms with van der Waals surface area (Å²) in [7, 11) is 2.12. The molecule has 0 amide bonds. The van der Waals surface area contributed by atoms with E-state index in [4.69, 9.17) is 0 Å². The van der Waals surface area contributed by atoms with Gasteiger partial charge in [0.15, 0.2) is 0 Å². The Morgan fingerprint density at radius 3 is 1.62 bits per heavy atom. The van der Waals surface area contributed by atoms with Gasteiger partial charge >= 0.3 is 0 Å². The van der Waals surface area contributed by atoms with Crippen molar-refractivity contribution in [1.29, 1.82) is 0 Å². The second-order valence-electron chi connectivity index (χ2n) is 2.55. The first-order valence-electron chi connectivity index (χ1n) is 3.55. The third-order valence-corrected chi connectivity index (χ3v) is 2.52. The van der Waals surface area contributed by atoms with Crippen molar-refractivity contribution < 1.29 is 0 Å². The van der Waals surface area contributed by atoms with E-state index in [1.54, 1.807) is 0 Å². The van der Waals surface area contributed by atoms with Crippen LogP contribution in [-0.2, 0) is 0 Å². The predicted molar refractivity (Wildman–Crippen MR) is 42.0 cm³/mol. The molecule has 0 aromatic carbocycles. The number of hydrogen-bond donors (Lipinski definition) is 0. The first-order valence-corrected chi connectivity index (χ1v) is 4.37. The van der Waals surface area contributed by atoms with Gasteiger partial charge in [0.05, 0.1) is 0 Å². The lowest BCUT2D eigenvalue weighted by atomic mass is 10.0. The van der Waals surface area contributed by atoms with Gasteiger partial charge in [0.2, 0.25) is 0 Å². The Hall–Kier alpha value is 0.217. The zero-order chi connectivity index (χ0) is 6.57. The molecule has 0 rings (SSSR count). The summed E-state index contributed by atoms with van der Waals surface area (Å²) in [4.78, 5) is 0. The Kier molecular flexibility index (Phi) is 4.24. The SMILES string of the molecule is CCC(CC)C(C)[SiH2]. The molecule has 0 aliphatic rings. The average molecular weight is 129 g/mol. The molecular weight excluding hydrogens is 112 g/mol. The quantitative estimate of drug-likeness (QED) is 0.510. The van der Waals surface area contributed by atoms with Crippen molar-refractivity contribution in [2.24, 2.45) is 5.92 Å². The van der Waals surface area contributed by atoms with Gasteiger partial charge in [-0.25, -0.2) is 0 Å². The molecule has 1 heteroatoms. The van der Waals surface area contributed by atoms with Crippen molar-refractivity contribution in [2.45, 2.75) is 39.2 Å². The molecule has 0 N–H and O–H groups in total. The molecule has 0 nitrogen and oxygen atoms in total. The molecule has 0 spiro atoms. The van der Waals surface area contributed by atoms with Crippen LogP contribution in [0.15, 0.2) is 0 Å². The molecule has 1 atom stereocenters. The molecule has 1 unspecified atom stereocenters. The Morgan fingerprint density at radius 1 is 1.25 bits per heavy atom. The largest absolute Gasteiger partial charge is 0.0654 e. The fraction of sp³-hybridized carbons (Fsp3) is 1.00. The fourth-order valence-corrected chi connectivity index (χ4v) is 1.76. The van der Waals surface area contributed by atoms with Gasteiger partial charge in [-0.05, 0) is 5.92 Å². The zero-order valence-corrected chi connectivity index (χ0v) is 7.69. The van der Waals surface area contributed by atoms with Crippen LogP contribution in [0.2, 0.25) is 5.54 Å². The molecular formula is C7H17Si. The van der Waals surface area contributed by atoms with E-state index < -0.39 is 0 Å². The van der Waals surface area contributed by atoms with Crippen LogP contribution in [0.3, 0.4) is 0 Å². The highest BCUT2D eigenvalue weighted by atomic mass is 28.1. The van der Waals surface area contributed by atoms with E-state index in [0.29, 0.717) is 0 Å². The summed E-state index contributed by atoms with van der Waals surface area (Å²) in [6, 6.07) is 0. The molecule has 0 aromatic rings. The van der Waals surface area contributed by atoms with Gasteiger partial charge in [-0.15, -0.1) is 0 Å². The van der Waals surface area contributed by atoms with Crippen LogP contribution < -0.4 is 0 Å². The van der Waals surface area contributed by atoms with E-state index in [0.717, 1.165) is 11.5 Å². The Bertz CT molecular complexity index is 46.3. The van der Waals surface area contributed by atoms with Crippen LogP contribution in [0.25, 0.3) is 0 Å². The summed E-state index contributed by atoms with van der Waals surface area (Å²) in [5, 5.41) is 0. The maximum absolute atomic E-state index is 2.32. The average Bonchev–Trinajstić information content (AvgIpc) is 1.69. The highest BCUT2D eigenvalue weighted by Crippen LogP contribution is 2.20. The molecule has 8 heavy (non-hydrogen) atoms. The van der Waals surface area contributed by atoms with Crippen LogP contribution >= 0.6 is 0 Å². The van der Waals surface area contributed by atoms with Crippen molar-refractivity contribution in [3.05, 3.63) is 0 Å². The lowest BCUT2D eigenvalue weighted by Crippen LogP contribution is -2.02. The Labute approximate surface area is 56.1 Å². The van der Waals surface area contributed by atoms with Crippen molar-refractivity contribution in [3.63, 3.8) is 0 Å². The second-order valence-corrected chi connectivity index (χ2v) is 3.84. The predicted octanol–water partition coefficient (Wildman–Crippen LogP) is 1.86. The van der Waals surface area contributed by atoms with Crippen molar-refractivity contribution in [2.75, 3.05) is 0 Å². The Morgan fingerprint density at radius 2 is 1.62 bits per heavy atom. The van der Waals surface area contributed by atoms with E-state index in [-0.39, 0.29) is 0 Å². The van der Waals surface area contributed by atoms with Crippen molar-refractivity contribution >= 4 is 10.2 Å². The van der Waals surface area contributed by atoms with Crippen molar-refractivity contribution in [3.8, 4) is 0 Å². The fourth-order valence-electron chi connectivity index (χ4n) is 1.09. The van der Waals surface area contributed by atoms with Gasteiger partial charge in [-0.2, -0.15) is 0 Å². The van der Waals surface area contributed by atoms with Crippen LogP contribution in [0, 0.1) is 5.92 Å². The molecule has 0 saturated heterocycles. The number of rotatable bonds is 3. The Balaban J connectivity index is 3.35. The minimum absolute atomic E-state index is 0.907. The monoisotopic (exact) mass is 129 g/mol. The molecule has 49 valence electrons. The molecule has 0 saturated carbocycles. The number of hydrogen-bond acceptors (Lipinski definition) is 0. The van der Waals surface area contributed by atoms with E-state index in [9.17, 15) is 0 Å². The van der Waals surface area contributed by atoms with Gasteiger partial charge in [0.1, 0.15) is 0 Å². The maximum Gasteiger partial charge on any atom is 0.0121 e. The molecule has 0 aliphatic heterocycles. The first kappa shape index (κ1) is 8.22. The molecule has 0 fully saturated rings. The van der Waals surface area contributed by atoms with Gasteiger partial charge in [0, 0.05) is 10.2 Å². The van der Waals surface area contributed by atoms with Crippen LogP contribution in [-0.4, -0.2) is 10.2 Å². The standard InChI is InChI=1S/C7H17Si/c1-4-7(5-2)6(3)8/h6-7H,4-5,8H2,1-3H3. The molecule has 1 radical (unpaired) electrons. The van der Waals surface area contributed by atoms with E-state index in [1.807, 2.05) is 0 Å². The van der Waals surface area contributed by atoms with Crippen LogP contribution in [0.5, 0.6) is 0 Å². The highest BCUT2D eigenvalue weighted by Gasteiger charge is 2.06. The van der Waals surface area contributed by atoms with Crippen molar-refractivity contribution in [1.82, 2.24) is 0 Å². The van der Waals surface area contributed by atoms with Crippen LogP contribution in [0.4, 0.5) is 0 Å². The summed E-state index contributed by atoms with van der Waals surface area (Å²) in [5.41, 5.74) is 0.907. The summed E-state index contributed by atoms with van der Waals surface area (Å²) in [6.45, 7) is 6.87. The van der Waals surface area contributed by atoms with E-state index in [2.05, 4.69) is 31.0 Å². The third-order valence-electron chi connectivity index (χ3n) is 1.85. The van der Waals surface area contributed by atoms with E-state index >= 15 is 0 Å². The highest BCUT2D eigenvalue weighted by molar-refractivity contribution is 6.11. The van der Waals surface area contributed by atoms with Gasteiger partial charge in [-0.1, -0.05) is 39.2 Å². The molecule has 0 aromatic heterocycles. The van der Waals surface area contributed by atoms with Gasteiger partial charge in [-0.3, -0.25) is 0 Å². The summed E-state index contributed by atoms with van der Waals surface area (Å²) >= 11 is 0. The van der Waals surface area contributed by atoms with Crippen LogP contribution in [0.1, 0.15) is 33.6 Å². The molecule has 0 heterocycles. The second kappa shape index (κ2) is 4.13.